The molecule has 1 aromatic rings. The third kappa shape index (κ3) is 4.53. The van der Waals surface area contributed by atoms with E-state index in [1.807, 2.05) is 35.2 Å². The van der Waals surface area contributed by atoms with E-state index in [9.17, 15) is 14.4 Å². The van der Waals surface area contributed by atoms with Crippen LogP contribution in [-0.4, -0.2) is 53.9 Å². The Hall–Kier alpha value is -2.70. The van der Waals surface area contributed by atoms with Crippen LogP contribution in [0.2, 0.25) is 0 Å². The van der Waals surface area contributed by atoms with E-state index in [0.29, 0.717) is 37.7 Å². The van der Waals surface area contributed by atoms with E-state index in [4.69, 9.17) is 0 Å². The number of hydrogen-bond donors (Lipinski definition) is 1. The highest BCUT2D eigenvalue weighted by Crippen LogP contribution is 2.26. The van der Waals surface area contributed by atoms with Crippen molar-refractivity contribution >= 4 is 29.0 Å². The predicted molar refractivity (Wildman–Crippen MR) is 103 cm³/mol. The minimum atomic E-state index is -0.427. The molecule has 1 atom stereocenters. The number of amides is 2. The van der Waals surface area contributed by atoms with Gasteiger partial charge in [-0.25, -0.2) is 0 Å². The van der Waals surface area contributed by atoms with Crippen LogP contribution in [0.15, 0.2) is 35.4 Å². The van der Waals surface area contributed by atoms with Gasteiger partial charge >= 0.3 is 0 Å². The van der Waals surface area contributed by atoms with Gasteiger partial charge in [0.05, 0.1) is 5.69 Å². The summed E-state index contributed by atoms with van der Waals surface area (Å²) < 4.78 is 0. The monoisotopic (exact) mass is 370 g/mol. The number of nitrogens with one attached hydrogen (secondary N) is 1. The largest absolute Gasteiger partial charge is 0.356 e. The highest BCUT2D eigenvalue weighted by molar-refractivity contribution is 6.40. The lowest BCUT2D eigenvalue weighted by molar-refractivity contribution is -0.126. The standard InChI is InChI=1S/C20H26N4O3/c1-14(25)19-12-18(22-24(19)17-6-4-3-5-7-17)20(27)23-10-8-16(9-11-23)13-21-15(2)26/h3-7,16,19H,8-13H2,1-2H3,(H,21,26). The molecule has 2 amide bonds. The number of para-hydroxylation sites is 1. The average molecular weight is 370 g/mol. The Bertz CT molecular complexity index is 739. The fraction of sp³-hybridized carbons (Fsp3) is 0.500. The van der Waals surface area contributed by atoms with Gasteiger partial charge in [-0.05, 0) is 37.8 Å². The van der Waals surface area contributed by atoms with E-state index in [1.54, 1.807) is 5.01 Å². The van der Waals surface area contributed by atoms with Crippen LogP contribution in [0.5, 0.6) is 0 Å². The van der Waals surface area contributed by atoms with Gasteiger partial charge in [0, 0.05) is 33.0 Å². The van der Waals surface area contributed by atoms with Crippen molar-refractivity contribution in [2.75, 3.05) is 24.6 Å². The highest BCUT2D eigenvalue weighted by Gasteiger charge is 2.36. The first-order chi connectivity index (χ1) is 13.0. The number of carbonyl (C=O) groups is 3. The first-order valence-corrected chi connectivity index (χ1v) is 9.41. The number of benzene rings is 1. The molecule has 27 heavy (non-hydrogen) atoms. The zero-order chi connectivity index (χ0) is 19.4. The fourth-order valence-electron chi connectivity index (χ4n) is 3.59. The van der Waals surface area contributed by atoms with Crippen LogP contribution in [0, 0.1) is 5.92 Å². The fourth-order valence-corrected chi connectivity index (χ4v) is 3.59. The van der Waals surface area contributed by atoms with Gasteiger partial charge in [0.25, 0.3) is 5.91 Å². The quantitative estimate of drug-likeness (QED) is 0.853. The third-order valence-corrected chi connectivity index (χ3v) is 5.19. The predicted octanol–water partition coefficient (Wildman–Crippen LogP) is 1.58. The second-order valence-electron chi connectivity index (χ2n) is 7.23. The van der Waals surface area contributed by atoms with Crippen LogP contribution in [0.4, 0.5) is 5.69 Å². The first kappa shape index (κ1) is 19.1. The summed E-state index contributed by atoms with van der Waals surface area (Å²) in [6.07, 6.45) is 2.06. The summed E-state index contributed by atoms with van der Waals surface area (Å²) in [6, 6.07) is 9.04. The molecule has 0 bridgehead atoms. The molecule has 1 fully saturated rings. The van der Waals surface area contributed by atoms with Gasteiger partial charge in [-0.2, -0.15) is 5.10 Å². The Morgan fingerprint density at radius 3 is 2.37 bits per heavy atom. The van der Waals surface area contributed by atoms with Crippen molar-refractivity contribution in [1.82, 2.24) is 10.2 Å². The molecule has 0 radical (unpaired) electrons. The van der Waals surface area contributed by atoms with Crippen molar-refractivity contribution in [1.29, 1.82) is 0 Å². The summed E-state index contributed by atoms with van der Waals surface area (Å²) in [4.78, 5) is 37.8. The maximum atomic E-state index is 12.9. The lowest BCUT2D eigenvalue weighted by Gasteiger charge is -2.31. The van der Waals surface area contributed by atoms with Crippen molar-refractivity contribution in [2.24, 2.45) is 11.0 Å². The molecule has 0 spiro atoms. The zero-order valence-electron chi connectivity index (χ0n) is 15.9. The summed E-state index contributed by atoms with van der Waals surface area (Å²) in [5, 5.41) is 9.01. The Morgan fingerprint density at radius 2 is 1.78 bits per heavy atom. The number of hydrazone groups is 1. The zero-order valence-corrected chi connectivity index (χ0v) is 15.9. The number of piperidine rings is 1. The van der Waals surface area contributed by atoms with E-state index in [2.05, 4.69) is 10.4 Å². The maximum Gasteiger partial charge on any atom is 0.270 e. The van der Waals surface area contributed by atoms with Crippen LogP contribution in [0.1, 0.15) is 33.1 Å². The lowest BCUT2D eigenvalue weighted by Crippen LogP contribution is -2.44. The summed E-state index contributed by atoms with van der Waals surface area (Å²) >= 11 is 0. The normalized spacial score (nSPS) is 20.4. The van der Waals surface area contributed by atoms with E-state index in [0.717, 1.165) is 18.5 Å². The smallest absolute Gasteiger partial charge is 0.270 e. The minimum Gasteiger partial charge on any atom is -0.356 e. The molecule has 1 aromatic carbocycles. The first-order valence-electron chi connectivity index (χ1n) is 9.41. The second-order valence-corrected chi connectivity index (χ2v) is 7.23. The summed E-state index contributed by atoms with van der Waals surface area (Å²) in [6.45, 7) is 5.01. The van der Waals surface area contributed by atoms with Gasteiger partial charge < -0.3 is 10.2 Å². The molecule has 2 aliphatic heterocycles. The molecule has 0 aromatic heterocycles. The minimum absolute atomic E-state index is 0.000539. The summed E-state index contributed by atoms with van der Waals surface area (Å²) in [5.41, 5.74) is 1.26. The molecular weight excluding hydrogens is 344 g/mol. The number of carbonyl (C=O) groups excluding carboxylic acids is 3. The van der Waals surface area contributed by atoms with Gasteiger partial charge in [-0.3, -0.25) is 19.4 Å². The molecule has 0 aliphatic carbocycles. The number of anilines is 1. The van der Waals surface area contributed by atoms with Crippen molar-refractivity contribution in [3.05, 3.63) is 30.3 Å². The van der Waals surface area contributed by atoms with Crippen LogP contribution < -0.4 is 10.3 Å². The Morgan fingerprint density at radius 1 is 1.11 bits per heavy atom. The van der Waals surface area contributed by atoms with Crippen molar-refractivity contribution in [2.45, 2.75) is 39.2 Å². The number of rotatable bonds is 5. The van der Waals surface area contributed by atoms with Crippen LogP contribution in [-0.2, 0) is 14.4 Å². The van der Waals surface area contributed by atoms with Crippen molar-refractivity contribution in [3.63, 3.8) is 0 Å². The van der Waals surface area contributed by atoms with Gasteiger partial charge in [0.2, 0.25) is 5.91 Å². The number of ketones is 1. The molecule has 1 saturated heterocycles. The SMILES string of the molecule is CC(=O)NCC1CCN(C(=O)C2=NN(c3ccccc3)C(C(C)=O)C2)CC1. The summed E-state index contributed by atoms with van der Waals surface area (Å²) in [5.74, 6) is 0.288. The molecule has 7 heteroatoms. The summed E-state index contributed by atoms with van der Waals surface area (Å²) in [7, 11) is 0. The van der Waals surface area contributed by atoms with Crippen molar-refractivity contribution < 1.29 is 14.4 Å². The van der Waals surface area contributed by atoms with Crippen molar-refractivity contribution in [3.8, 4) is 0 Å². The number of nitrogens with zero attached hydrogens (tertiary/aromatic N) is 3. The van der Waals surface area contributed by atoms with Gasteiger partial charge in [-0.1, -0.05) is 18.2 Å². The highest BCUT2D eigenvalue weighted by atomic mass is 16.2. The molecule has 1 N–H and O–H groups in total. The molecular formula is C20H26N4O3. The Kier molecular flexibility index (Phi) is 5.88. The second kappa shape index (κ2) is 8.33. The molecule has 2 heterocycles. The topological polar surface area (TPSA) is 82.1 Å². The Balaban J connectivity index is 1.65. The van der Waals surface area contributed by atoms with E-state index >= 15 is 0 Å². The lowest BCUT2D eigenvalue weighted by atomic mass is 9.96. The van der Waals surface area contributed by atoms with Gasteiger partial charge in [-0.15, -0.1) is 0 Å². The number of hydrogen-bond acceptors (Lipinski definition) is 5. The maximum absolute atomic E-state index is 12.9. The van der Waals surface area contributed by atoms with E-state index in [-0.39, 0.29) is 17.6 Å². The van der Waals surface area contributed by atoms with E-state index < -0.39 is 6.04 Å². The Labute approximate surface area is 159 Å². The van der Waals surface area contributed by atoms with Crippen LogP contribution in [0.25, 0.3) is 0 Å². The molecule has 144 valence electrons. The molecule has 1 unspecified atom stereocenters. The molecule has 2 aliphatic rings. The average Bonchev–Trinajstić information content (AvgIpc) is 3.13. The number of Topliss-reactive ketones (excluding diaryl/α,β-unsaturated/α-hetero) is 1. The molecule has 0 saturated carbocycles. The van der Waals surface area contributed by atoms with E-state index in [1.165, 1.54) is 13.8 Å². The van der Waals surface area contributed by atoms with Crippen LogP contribution >= 0.6 is 0 Å². The van der Waals surface area contributed by atoms with Crippen LogP contribution in [0.3, 0.4) is 0 Å². The number of likely N-dealkylation sites (tertiary alicyclic amines) is 1. The third-order valence-electron chi connectivity index (χ3n) is 5.19. The molecule has 3 rings (SSSR count). The van der Waals surface area contributed by atoms with Gasteiger partial charge in [0.1, 0.15) is 11.8 Å². The molecule has 7 nitrogen and oxygen atoms in total. The van der Waals surface area contributed by atoms with Gasteiger partial charge in [0.15, 0.2) is 5.78 Å².